The van der Waals surface area contributed by atoms with E-state index in [1.54, 1.807) is 34.6 Å². The van der Waals surface area contributed by atoms with Gasteiger partial charge in [0.25, 0.3) is 5.56 Å². The maximum atomic E-state index is 14.4. The van der Waals surface area contributed by atoms with Gasteiger partial charge in [0.1, 0.15) is 18.3 Å². The highest BCUT2D eigenvalue weighted by atomic mass is 31.2. The molecule has 0 aromatic carbocycles. The first-order valence-electron chi connectivity index (χ1n) is 9.64. The second kappa shape index (κ2) is 8.96. The van der Waals surface area contributed by atoms with Crippen LogP contribution in [0.25, 0.3) is 0 Å². The Morgan fingerprint density at radius 2 is 2.07 bits per heavy atom. The molecule has 1 aliphatic heterocycles. The molecule has 1 aliphatic rings. The van der Waals surface area contributed by atoms with Crippen LogP contribution in [0.5, 0.6) is 0 Å². The Labute approximate surface area is 169 Å². The number of methoxy groups -OCH3 is 1. The first-order chi connectivity index (χ1) is 13.3. The van der Waals surface area contributed by atoms with Crippen molar-refractivity contribution < 1.29 is 33.0 Å². The summed E-state index contributed by atoms with van der Waals surface area (Å²) in [6.45, 7) is 8.21. The van der Waals surface area contributed by atoms with Crippen LogP contribution in [-0.4, -0.2) is 51.7 Å². The minimum atomic E-state index is -3.86. The average molecular weight is 435 g/mol. The lowest BCUT2D eigenvalue weighted by Gasteiger charge is -2.34. The summed E-state index contributed by atoms with van der Waals surface area (Å²) in [5.74, 6) is -0.852. The molecule has 0 aliphatic carbocycles. The van der Waals surface area contributed by atoms with Crippen LogP contribution >= 0.6 is 7.60 Å². The molecular formula is C19H31FNO7P. The highest BCUT2D eigenvalue weighted by Crippen LogP contribution is 2.53. The van der Waals surface area contributed by atoms with Crippen LogP contribution in [0.4, 0.5) is 4.39 Å². The predicted molar refractivity (Wildman–Crippen MR) is 106 cm³/mol. The summed E-state index contributed by atoms with van der Waals surface area (Å²) in [6, 6.07) is 1.37. The quantitative estimate of drug-likeness (QED) is 0.424. The molecule has 1 saturated heterocycles. The number of pyridine rings is 1. The lowest BCUT2D eigenvalue weighted by atomic mass is 9.92. The van der Waals surface area contributed by atoms with Crippen LogP contribution in [0.15, 0.2) is 10.9 Å². The number of hydrogen-bond acceptors (Lipinski definition) is 6. The smallest absolute Gasteiger partial charge is 0.331 e. The molecule has 6 atom stereocenters. The van der Waals surface area contributed by atoms with Gasteiger partial charge >= 0.3 is 7.60 Å². The molecule has 1 aromatic heterocycles. The number of H-pyrrole nitrogens is 1. The predicted octanol–water partition coefficient (Wildman–Crippen LogP) is 2.81. The van der Waals surface area contributed by atoms with Crippen molar-refractivity contribution in [2.45, 2.75) is 83.1 Å². The number of aliphatic hydroxyl groups is 1. The van der Waals surface area contributed by atoms with E-state index in [4.69, 9.17) is 14.0 Å². The standard InChI is InChI=1S/C19H31FNO7P/c1-7-19(5,28-29(24,25)10(2)3)9-13-14(22)16(26-6)15(27-13)12-8-11(4)18(23)21-17(12)20/h8,10,13-16,22H,7,9H2,1-6H3,(H,21,23)(H,24,25). The van der Waals surface area contributed by atoms with E-state index in [-0.39, 0.29) is 12.0 Å². The third-order valence-electron chi connectivity index (χ3n) is 5.51. The monoisotopic (exact) mass is 435 g/mol. The molecule has 3 N–H and O–H groups in total. The topological polar surface area (TPSA) is 118 Å². The van der Waals surface area contributed by atoms with Crippen molar-refractivity contribution in [2.75, 3.05) is 7.11 Å². The maximum Gasteiger partial charge on any atom is 0.331 e. The normalized spacial score (nSPS) is 29.0. The Morgan fingerprint density at radius 3 is 2.59 bits per heavy atom. The van der Waals surface area contributed by atoms with Crippen LogP contribution in [-0.2, 0) is 18.6 Å². The zero-order valence-corrected chi connectivity index (χ0v) is 18.5. The SMILES string of the molecule is CCC(C)(CC1OC(c2cc(C)c(=O)[nH]c2F)C(OC)C1O)OP(=O)(O)C(C)C. The molecule has 1 fully saturated rings. The van der Waals surface area contributed by atoms with E-state index in [9.17, 15) is 23.7 Å². The van der Waals surface area contributed by atoms with Crippen molar-refractivity contribution >= 4 is 7.60 Å². The Bertz CT molecular complexity index is 829. The Morgan fingerprint density at radius 1 is 1.45 bits per heavy atom. The number of rotatable bonds is 8. The van der Waals surface area contributed by atoms with Gasteiger partial charge in [-0.15, -0.1) is 0 Å². The lowest BCUT2D eigenvalue weighted by molar-refractivity contribution is -0.0477. The van der Waals surface area contributed by atoms with Crippen LogP contribution in [0, 0.1) is 12.9 Å². The first-order valence-corrected chi connectivity index (χ1v) is 11.3. The van der Waals surface area contributed by atoms with Crippen LogP contribution < -0.4 is 5.56 Å². The van der Waals surface area contributed by atoms with E-state index in [1.165, 1.54) is 13.2 Å². The van der Waals surface area contributed by atoms with Gasteiger partial charge < -0.3 is 24.0 Å². The molecule has 29 heavy (non-hydrogen) atoms. The number of hydrogen-bond donors (Lipinski definition) is 3. The Kier molecular flexibility index (Phi) is 7.47. The van der Waals surface area contributed by atoms with Crippen LogP contribution in [0.3, 0.4) is 0 Å². The number of aryl methyl sites for hydroxylation is 1. The summed E-state index contributed by atoms with van der Waals surface area (Å²) in [4.78, 5) is 23.9. The van der Waals surface area contributed by atoms with E-state index in [2.05, 4.69) is 4.98 Å². The first kappa shape index (κ1) is 24.2. The van der Waals surface area contributed by atoms with E-state index >= 15 is 0 Å². The Hall–Kier alpha value is -1.09. The molecule has 2 rings (SSSR count). The molecular weight excluding hydrogens is 404 g/mol. The van der Waals surface area contributed by atoms with Gasteiger partial charge in [0, 0.05) is 24.7 Å². The van der Waals surface area contributed by atoms with E-state index < -0.39 is 54.8 Å². The molecule has 166 valence electrons. The van der Waals surface area contributed by atoms with Crippen molar-refractivity contribution in [3.05, 3.63) is 33.5 Å². The van der Waals surface area contributed by atoms with Crippen molar-refractivity contribution in [3.63, 3.8) is 0 Å². The summed E-state index contributed by atoms with van der Waals surface area (Å²) in [5.41, 5.74) is -1.80. The molecule has 10 heteroatoms. The van der Waals surface area contributed by atoms with Gasteiger partial charge in [0.2, 0.25) is 0 Å². The van der Waals surface area contributed by atoms with Crippen molar-refractivity contribution in [2.24, 2.45) is 0 Å². The Balaban J connectivity index is 2.30. The zero-order valence-electron chi connectivity index (χ0n) is 17.6. The third-order valence-corrected chi connectivity index (χ3v) is 7.52. The second-order valence-electron chi connectivity index (χ2n) is 8.09. The number of ether oxygens (including phenoxy) is 2. The number of aromatic nitrogens is 1. The van der Waals surface area contributed by atoms with Crippen molar-refractivity contribution in [3.8, 4) is 0 Å². The second-order valence-corrected chi connectivity index (χ2v) is 10.4. The fourth-order valence-electron chi connectivity index (χ4n) is 3.35. The molecule has 1 aromatic rings. The number of halogens is 1. The third kappa shape index (κ3) is 5.16. The molecule has 0 spiro atoms. The van der Waals surface area contributed by atoms with Gasteiger partial charge in [0.15, 0.2) is 5.95 Å². The minimum absolute atomic E-state index is 0.0737. The fraction of sp³-hybridized carbons (Fsp3) is 0.737. The van der Waals surface area contributed by atoms with Crippen molar-refractivity contribution in [1.82, 2.24) is 4.98 Å². The summed E-state index contributed by atoms with van der Waals surface area (Å²) in [6.07, 6.45) is -3.29. The summed E-state index contributed by atoms with van der Waals surface area (Å²) >= 11 is 0. The van der Waals surface area contributed by atoms with E-state index in [1.807, 2.05) is 0 Å². The summed E-state index contributed by atoms with van der Waals surface area (Å²) < 4.78 is 43.6. The van der Waals surface area contributed by atoms with E-state index in [0.717, 1.165) is 0 Å². The minimum Gasteiger partial charge on any atom is -0.388 e. The van der Waals surface area contributed by atoms with Gasteiger partial charge in [-0.2, -0.15) is 4.39 Å². The number of aromatic amines is 1. The number of nitrogens with one attached hydrogen (secondary N) is 1. The summed E-state index contributed by atoms with van der Waals surface area (Å²) in [7, 11) is -2.49. The van der Waals surface area contributed by atoms with Crippen LogP contribution in [0.2, 0.25) is 0 Å². The average Bonchev–Trinajstić information content (AvgIpc) is 2.92. The maximum absolute atomic E-state index is 14.4. The summed E-state index contributed by atoms with van der Waals surface area (Å²) in [5, 5.41) is 10.7. The molecule has 0 amide bonds. The van der Waals surface area contributed by atoms with Gasteiger partial charge in [0.05, 0.1) is 17.4 Å². The molecule has 0 bridgehead atoms. The van der Waals surface area contributed by atoms with Gasteiger partial charge in [-0.25, -0.2) is 0 Å². The zero-order chi connectivity index (χ0) is 22.1. The van der Waals surface area contributed by atoms with Crippen molar-refractivity contribution in [1.29, 1.82) is 0 Å². The van der Waals surface area contributed by atoms with Crippen LogP contribution in [0.1, 0.15) is 57.8 Å². The van der Waals surface area contributed by atoms with E-state index in [0.29, 0.717) is 12.0 Å². The largest absolute Gasteiger partial charge is 0.388 e. The fourth-order valence-corrected chi connectivity index (χ4v) is 4.40. The van der Waals surface area contributed by atoms with Gasteiger partial charge in [-0.05, 0) is 26.3 Å². The molecule has 0 saturated carbocycles. The molecule has 0 radical (unpaired) electrons. The molecule has 2 heterocycles. The lowest BCUT2D eigenvalue weighted by Crippen LogP contribution is -2.39. The van der Waals surface area contributed by atoms with Gasteiger partial charge in [-0.3, -0.25) is 14.3 Å². The highest BCUT2D eigenvalue weighted by Gasteiger charge is 2.49. The number of aliphatic hydroxyl groups excluding tert-OH is 1. The van der Waals surface area contributed by atoms with Gasteiger partial charge in [-0.1, -0.05) is 20.8 Å². The molecule has 6 unspecified atom stereocenters. The highest BCUT2D eigenvalue weighted by molar-refractivity contribution is 7.53. The molecule has 8 nitrogen and oxygen atoms in total.